The van der Waals surface area contributed by atoms with Gasteiger partial charge in [-0.3, -0.25) is 0 Å². The third-order valence-electron chi connectivity index (χ3n) is 2.61. The summed E-state index contributed by atoms with van der Waals surface area (Å²) in [5.74, 6) is 0.268. The van der Waals surface area contributed by atoms with Crippen molar-refractivity contribution in [3.8, 4) is 0 Å². The fourth-order valence-corrected chi connectivity index (χ4v) is 1.81. The Balaban J connectivity index is 1.99. The van der Waals surface area contributed by atoms with E-state index in [1.54, 1.807) is 0 Å². The van der Waals surface area contributed by atoms with Crippen LogP contribution < -0.4 is 0 Å². The summed E-state index contributed by atoms with van der Waals surface area (Å²) in [6, 6.07) is 1.92. The van der Waals surface area contributed by atoms with Crippen molar-refractivity contribution < 1.29 is 9.84 Å². The van der Waals surface area contributed by atoms with Crippen LogP contribution in [0.15, 0.2) is 18.5 Å². The smallest absolute Gasteiger partial charge is 0.0854 e. The van der Waals surface area contributed by atoms with E-state index in [2.05, 4.69) is 4.98 Å². The number of aromatic amines is 1. The molecule has 2 heterocycles. The largest absolute Gasteiger partial charge is 0.388 e. The molecule has 2 N–H and O–H groups in total. The minimum absolute atomic E-state index is 0.268. The zero-order chi connectivity index (χ0) is 9.10. The maximum Gasteiger partial charge on any atom is 0.0854 e. The van der Waals surface area contributed by atoms with Gasteiger partial charge in [0.25, 0.3) is 0 Å². The van der Waals surface area contributed by atoms with Crippen LogP contribution in [0.4, 0.5) is 0 Å². The van der Waals surface area contributed by atoms with Crippen molar-refractivity contribution in [2.24, 2.45) is 5.92 Å². The number of rotatable bonds is 2. The summed E-state index contributed by atoms with van der Waals surface area (Å²) in [5, 5.41) is 9.93. The van der Waals surface area contributed by atoms with Gasteiger partial charge in [0.1, 0.15) is 0 Å². The van der Waals surface area contributed by atoms with Crippen LogP contribution in [0.5, 0.6) is 0 Å². The molecule has 3 heteroatoms. The van der Waals surface area contributed by atoms with Crippen molar-refractivity contribution in [3.05, 3.63) is 24.0 Å². The Hall–Kier alpha value is -0.800. The number of aliphatic hydroxyl groups is 1. The summed E-state index contributed by atoms with van der Waals surface area (Å²) in [7, 11) is 0. The van der Waals surface area contributed by atoms with E-state index in [0.29, 0.717) is 6.61 Å². The molecule has 0 radical (unpaired) electrons. The van der Waals surface area contributed by atoms with Crippen molar-refractivity contribution in [2.75, 3.05) is 13.2 Å². The van der Waals surface area contributed by atoms with E-state index in [1.165, 1.54) is 0 Å². The average Bonchev–Trinajstić information content (AvgIpc) is 2.71. The second-order valence-corrected chi connectivity index (χ2v) is 3.57. The van der Waals surface area contributed by atoms with E-state index in [4.69, 9.17) is 4.74 Å². The molecule has 2 atom stereocenters. The fraction of sp³-hybridized carbons (Fsp3) is 0.600. The molecule has 13 heavy (non-hydrogen) atoms. The number of aromatic nitrogens is 1. The molecular weight excluding hydrogens is 166 g/mol. The molecule has 1 aliphatic rings. The molecule has 0 saturated carbocycles. The molecule has 1 aliphatic heterocycles. The van der Waals surface area contributed by atoms with Crippen molar-refractivity contribution >= 4 is 0 Å². The van der Waals surface area contributed by atoms with E-state index >= 15 is 0 Å². The monoisotopic (exact) mass is 181 g/mol. The SMILES string of the molecule is OC(c1cc[nH]c1)C1CCCOC1. The standard InChI is InChI=1S/C10H15NO2/c12-10(8-3-4-11-6-8)9-2-1-5-13-7-9/h3-4,6,9-12H,1-2,5,7H2. The number of nitrogens with one attached hydrogen (secondary N) is 1. The first-order chi connectivity index (χ1) is 6.38. The highest BCUT2D eigenvalue weighted by molar-refractivity contribution is 5.12. The molecule has 0 amide bonds. The predicted octanol–water partition coefficient (Wildman–Crippen LogP) is 1.47. The summed E-state index contributed by atoms with van der Waals surface area (Å²) in [6.07, 6.45) is 5.44. The number of hydrogen-bond acceptors (Lipinski definition) is 2. The molecule has 0 spiro atoms. The Morgan fingerprint density at radius 1 is 1.62 bits per heavy atom. The molecule has 0 aromatic carbocycles. The molecule has 1 aromatic heterocycles. The van der Waals surface area contributed by atoms with Crippen LogP contribution in [0.25, 0.3) is 0 Å². The first kappa shape index (κ1) is 8.78. The van der Waals surface area contributed by atoms with E-state index in [9.17, 15) is 5.11 Å². The topological polar surface area (TPSA) is 45.2 Å². The van der Waals surface area contributed by atoms with Gasteiger partial charge in [-0.05, 0) is 24.5 Å². The van der Waals surface area contributed by atoms with E-state index in [1.807, 2.05) is 18.5 Å². The summed E-state index contributed by atoms with van der Waals surface area (Å²) in [5.41, 5.74) is 0.968. The lowest BCUT2D eigenvalue weighted by Crippen LogP contribution is -2.23. The van der Waals surface area contributed by atoms with Crippen LogP contribution >= 0.6 is 0 Å². The maximum atomic E-state index is 9.93. The second-order valence-electron chi connectivity index (χ2n) is 3.57. The molecule has 72 valence electrons. The van der Waals surface area contributed by atoms with Crippen LogP contribution in [-0.4, -0.2) is 23.3 Å². The molecule has 0 aliphatic carbocycles. The molecule has 1 fully saturated rings. The van der Waals surface area contributed by atoms with Gasteiger partial charge >= 0.3 is 0 Å². The van der Waals surface area contributed by atoms with Gasteiger partial charge in [0.2, 0.25) is 0 Å². The average molecular weight is 181 g/mol. The number of aliphatic hydroxyl groups excluding tert-OH is 1. The fourth-order valence-electron chi connectivity index (χ4n) is 1.81. The highest BCUT2D eigenvalue weighted by atomic mass is 16.5. The van der Waals surface area contributed by atoms with Crippen LogP contribution in [0.3, 0.4) is 0 Å². The molecule has 0 bridgehead atoms. The Morgan fingerprint density at radius 3 is 3.15 bits per heavy atom. The van der Waals surface area contributed by atoms with E-state index < -0.39 is 0 Å². The second kappa shape index (κ2) is 3.94. The molecule has 1 aromatic rings. The first-order valence-electron chi connectivity index (χ1n) is 4.76. The van der Waals surface area contributed by atoms with Crippen LogP contribution in [0.2, 0.25) is 0 Å². The van der Waals surface area contributed by atoms with Gasteiger partial charge in [0, 0.05) is 24.9 Å². The number of H-pyrrole nitrogens is 1. The minimum atomic E-state index is -0.369. The predicted molar refractivity (Wildman–Crippen MR) is 49.3 cm³/mol. The van der Waals surface area contributed by atoms with Crippen molar-refractivity contribution in [1.29, 1.82) is 0 Å². The molecule has 3 nitrogen and oxygen atoms in total. The van der Waals surface area contributed by atoms with Gasteiger partial charge < -0.3 is 14.8 Å². The van der Waals surface area contributed by atoms with E-state index in [0.717, 1.165) is 25.0 Å². The number of hydrogen-bond donors (Lipinski definition) is 2. The van der Waals surface area contributed by atoms with Crippen LogP contribution in [0, 0.1) is 5.92 Å². The highest BCUT2D eigenvalue weighted by Crippen LogP contribution is 2.28. The lowest BCUT2D eigenvalue weighted by atomic mass is 9.92. The molecular formula is C10H15NO2. The van der Waals surface area contributed by atoms with Crippen LogP contribution in [-0.2, 0) is 4.74 Å². The van der Waals surface area contributed by atoms with Gasteiger partial charge in [0.05, 0.1) is 12.7 Å². The Kier molecular flexibility index (Phi) is 2.66. The summed E-state index contributed by atoms with van der Waals surface area (Å²) < 4.78 is 5.33. The zero-order valence-corrected chi connectivity index (χ0v) is 7.57. The first-order valence-corrected chi connectivity index (χ1v) is 4.76. The molecule has 2 unspecified atom stereocenters. The maximum absolute atomic E-state index is 9.93. The summed E-state index contributed by atoms with van der Waals surface area (Å²) >= 11 is 0. The minimum Gasteiger partial charge on any atom is -0.388 e. The quantitative estimate of drug-likeness (QED) is 0.725. The van der Waals surface area contributed by atoms with Crippen molar-refractivity contribution in [1.82, 2.24) is 4.98 Å². The highest BCUT2D eigenvalue weighted by Gasteiger charge is 2.23. The lowest BCUT2D eigenvalue weighted by molar-refractivity contribution is -0.00991. The Labute approximate surface area is 77.7 Å². The Morgan fingerprint density at radius 2 is 2.54 bits per heavy atom. The van der Waals surface area contributed by atoms with Crippen molar-refractivity contribution in [3.63, 3.8) is 0 Å². The molecule has 2 rings (SSSR count). The third kappa shape index (κ3) is 1.92. The normalized spacial score (nSPS) is 25.8. The van der Waals surface area contributed by atoms with Gasteiger partial charge in [0.15, 0.2) is 0 Å². The van der Waals surface area contributed by atoms with Gasteiger partial charge in [-0.2, -0.15) is 0 Å². The van der Waals surface area contributed by atoms with Crippen LogP contribution in [0.1, 0.15) is 24.5 Å². The van der Waals surface area contributed by atoms with Crippen molar-refractivity contribution in [2.45, 2.75) is 18.9 Å². The lowest BCUT2D eigenvalue weighted by Gasteiger charge is -2.26. The molecule has 1 saturated heterocycles. The number of ether oxygens (including phenoxy) is 1. The zero-order valence-electron chi connectivity index (χ0n) is 7.57. The summed E-state index contributed by atoms with van der Waals surface area (Å²) in [6.45, 7) is 1.53. The van der Waals surface area contributed by atoms with Gasteiger partial charge in [-0.1, -0.05) is 0 Å². The van der Waals surface area contributed by atoms with Gasteiger partial charge in [-0.25, -0.2) is 0 Å². The Bertz CT molecular complexity index is 239. The van der Waals surface area contributed by atoms with Gasteiger partial charge in [-0.15, -0.1) is 0 Å². The summed E-state index contributed by atoms with van der Waals surface area (Å²) in [4.78, 5) is 2.95. The third-order valence-corrected chi connectivity index (χ3v) is 2.61. The van der Waals surface area contributed by atoms with E-state index in [-0.39, 0.29) is 12.0 Å².